The maximum absolute atomic E-state index is 12.7. The molecule has 0 aromatic heterocycles. The fourth-order valence-corrected chi connectivity index (χ4v) is 6.14. The second-order valence-electron chi connectivity index (χ2n) is 9.90. The summed E-state index contributed by atoms with van der Waals surface area (Å²) in [5.74, 6) is 3.43. The minimum atomic E-state index is -0.216. The number of carbonyl (C=O) groups excluding carboxylic acids is 1. The van der Waals surface area contributed by atoms with Crippen molar-refractivity contribution in [2.75, 3.05) is 6.54 Å². The monoisotopic (exact) mass is 360 g/mol. The average molecular weight is 361 g/mol. The summed E-state index contributed by atoms with van der Waals surface area (Å²) in [6.07, 6.45) is 10.1. The minimum Gasteiger partial charge on any atom is -0.327 e. The van der Waals surface area contributed by atoms with E-state index in [1.54, 1.807) is 0 Å². The highest BCUT2D eigenvalue weighted by Crippen LogP contribution is 2.47. The number of hydrogen-bond acceptors (Lipinski definition) is 3. The van der Waals surface area contributed by atoms with Crippen LogP contribution in [0, 0.1) is 23.7 Å². The second kappa shape index (κ2) is 7.75. The van der Waals surface area contributed by atoms with Crippen LogP contribution in [0.4, 0.5) is 0 Å². The summed E-state index contributed by atoms with van der Waals surface area (Å²) in [7, 11) is 0. The Hall–Kier alpha value is -0.670. The fraction of sp³-hybridized carbons (Fsp3) is 0.870. The van der Waals surface area contributed by atoms with Crippen molar-refractivity contribution in [3.05, 3.63) is 12.2 Å². The van der Waals surface area contributed by atoms with Crippen molar-refractivity contribution in [2.24, 2.45) is 29.4 Å². The first kappa shape index (κ1) is 20.1. The lowest BCUT2D eigenvalue weighted by Gasteiger charge is -2.39. The summed E-state index contributed by atoms with van der Waals surface area (Å²) in [5, 5.41) is 0. The average Bonchev–Trinajstić information content (AvgIpc) is 3.33. The van der Waals surface area contributed by atoms with Gasteiger partial charge in [-0.1, -0.05) is 27.4 Å². The van der Waals surface area contributed by atoms with E-state index in [4.69, 9.17) is 5.73 Å². The molecule has 0 bridgehead atoms. The molecule has 3 aliphatic rings. The number of nitrogens with two attached hydrogens (primary N) is 1. The first-order chi connectivity index (χ1) is 12.3. The van der Waals surface area contributed by atoms with Gasteiger partial charge in [0.15, 0.2) is 5.78 Å². The highest BCUT2D eigenvalue weighted by Gasteiger charge is 2.59. The van der Waals surface area contributed by atoms with Crippen molar-refractivity contribution in [1.82, 2.24) is 4.90 Å². The van der Waals surface area contributed by atoms with Gasteiger partial charge in [0, 0.05) is 18.6 Å². The smallest absolute Gasteiger partial charge is 0.179 e. The molecule has 2 aliphatic carbocycles. The lowest BCUT2D eigenvalue weighted by molar-refractivity contribution is -0.119. The predicted octanol–water partition coefficient (Wildman–Crippen LogP) is 4.55. The summed E-state index contributed by atoms with van der Waals surface area (Å²) in [6.45, 7) is 13.6. The van der Waals surface area contributed by atoms with Gasteiger partial charge in [-0.25, -0.2) is 0 Å². The minimum absolute atomic E-state index is 0.216. The molecule has 0 amide bonds. The summed E-state index contributed by atoms with van der Waals surface area (Å²) in [6, 6.07) is 1.02. The molecule has 3 heteroatoms. The van der Waals surface area contributed by atoms with E-state index in [1.807, 2.05) is 6.92 Å². The van der Waals surface area contributed by atoms with E-state index in [1.165, 1.54) is 44.9 Å². The third kappa shape index (κ3) is 3.80. The van der Waals surface area contributed by atoms with E-state index in [0.29, 0.717) is 23.9 Å². The Morgan fingerprint density at radius 3 is 2.27 bits per heavy atom. The van der Waals surface area contributed by atoms with Crippen molar-refractivity contribution in [3.63, 3.8) is 0 Å². The van der Waals surface area contributed by atoms with E-state index in [9.17, 15) is 4.79 Å². The Labute approximate surface area is 160 Å². The molecule has 148 valence electrons. The number of hydrogen-bond donors (Lipinski definition) is 1. The van der Waals surface area contributed by atoms with E-state index in [2.05, 4.69) is 32.3 Å². The van der Waals surface area contributed by atoms with Gasteiger partial charge >= 0.3 is 0 Å². The second-order valence-corrected chi connectivity index (χ2v) is 9.90. The van der Waals surface area contributed by atoms with Crippen molar-refractivity contribution in [3.8, 4) is 0 Å². The molecule has 0 aromatic rings. The molecule has 3 rings (SSSR count). The zero-order valence-corrected chi connectivity index (χ0v) is 17.5. The lowest BCUT2D eigenvalue weighted by atomic mass is 9.70. The zero-order valence-electron chi connectivity index (χ0n) is 17.5. The van der Waals surface area contributed by atoms with Crippen molar-refractivity contribution in [1.29, 1.82) is 0 Å². The third-order valence-electron chi connectivity index (χ3n) is 7.92. The first-order valence-corrected chi connectivity index (χ1v) is 11.0. The zero-order chi connectivity index (χ0) is 19.1. The largest absolute Gasteiger partial charge is 0.327 e. The van der Waals surface area contributed by atoms with Gasteiger partial charge in [-0.05, 0) is 87.5 Å². The van der Waals surface area contributed by atoms with Crippen LogP contribution >= 0.6 is 0 Å². The van der Waals surface area contributed by atoms with Gasteiger partial charge in [-0.3, -0.25) is 9.69 Å². The molecule has 3 fully saturated rings. The van der Waals surface area contributed by atoms with Crippen LogP contribution in [0.3, 0.4) is 0 Å². The Morgan fingerprint density at radius 2 is 1.73 bits per heavy atom. The van der Waals surface area contributed by atoms with E-state index >= 15 is 0 Å². The van der Waals surface area contributed by atoms with Crippen molar-refractivity contribution >= 4 is 5.78 Å². The summed E-state index contributed by atoms with van der Waals surface area (Å²) in [4.78, 5) is 15.2. The quantitative estimate of drug-likeness (QED) is 0.558. The summed E-state index contributed by atoms with van der Waals surface area (Å²) in [5.41, 5.74) is 6.71. The Kier molecular flexibility index (Phi) is 5.99. The molecule has 0 aromatic carbocycles. The predicted molar refractivity (Wildman–Crippen MR) is 109 cm³/mol. The van der Waals surface area contributed by atoms with Crippen molar-refractivity contribution in [2.45, 2.75) is 96.7 Å². The van der Waals surface area contributed by atoms with Crippen LogP contribution < -0.4 is 5.73 Å². The van der Waals surface area contributed by atoms with E-state index < -0.39 is 0 Å². The summed E-state index contributed by atoms with van der Waals surface area (Å²) < 4.78 is 0. The fourth-order valence-electron chi connectivity index (χ4n) is 6.14. The topological polar surface area (TPSA) is 46.1 Å². The maximum atomic E-state index is 12.7. The number of Topliss-reactive ketones (excluding diaryl/α,β-unsaturated/α-hetero) is 1. The van der Waals surface area contributed by atoms with Crippen molar-refractivity contribution < 1.29 is 4.79 Å². The van der Waals surface area contributed by atoms with Gasteiger partial charge in [0.1, 0.15) is 0 Å². The van der Waals surface area contributed by atoms with Crippen LogP contribution in [0.5, 0.6) is 0 Å². The van der Waals surface area contributed by atoms with Crippen LogP contribution in [0.25, 0.3) is 0 Å². The van der Waals surface area contributed by atoms with Gasteiger partial charge in [-0.15, -0.1) is 0 Å². The van der Waals surface area contributed by atoms with Gasteiger partial charge in [0.05, 0.1) is 5.54 Å². The number of carbonyl (C=O) groups is 1. The van der Waals surface area contributed by atoms with E-state index in [0.717, 1.165) is 30.4 Å². The SMILES string of the molecule is C=C(C)C(=O)C1(CC)CN1C1CCC(CC2CCC(N)C(C)C2)CC1C. The Morgan fingerprint density at radius 1 is 1.12 bits per heavy atom. The van der Waals surface area contributed by atoms with Crippen LogP contribution in [0.1, 0.15) is 79.1 Å². The molecule has 0 spiro atoms. The highest BCUT2D eigenvalue weighted by molar-refractivity contribution is 6.04. The Balaban J connectivity index is 1.53. The normalized spacial score (nSPS) is 46.0. The molecular formula is C23H40N2O. The molecule has 8 unspecified atom stereocenters. The molecule has 8 atom stereocenters. The Bertz CT molecular complexity index is 544. The number of nitrogens with zero attached hydrogens (tertiary/aromatic N) is 1. The molecule has 0 radical (unpaired) electrons. The van der Waals surface area contributed by atoms with Crippen LogP contribution in [0.15, 0.2) is 12.2 Å². The van der Waals surface area contributed by atoms with Gasteiger partial charge in [0.2, 0.25) is 0 Å². The molecule has 26 heavy (non-hydrogen) atoms. The molecule has 1 heterocycles. The van der Waals surface area contributed by atoms with Crippen LogP contribution in [0.2, 0.25) is 0 Å². The van der Waals surface area contributed by atoms with Gasteiger partial charge in [-0.2, -0.15) is 0 Å². The van der Waals surface area contributed by atoms with Crippen LogP contribution in [-0.4, -0.2) is 34.9 Å². The molecule has 3 nitrogen and oxygen atoms in total. The molecule has 2 N–H and O–H groups in total. The standard InChI is InChI=1S/C23H40N2O/c1-6-23(22(26)15(2)3)14-25(23)21-10-8-19(12-17(21)5)13-18-7-9-20(24)16(4)11-18/h16-21H,2,6-14,24H2,1,3-5H3. The maximum Gasteiger partial charge on any atom is 0.179 e. The third-order valence-corrected chi connectivity index (χ3v) is 7.92. The van der Waals surface area contributed by atoms with Gasteiger partial charge < -0.3 is 5.73 Å². The van der Waals surface area contributed by atoms with E-state index in [-0.39, 0.29) is 11.3 Å². The van der Waals surface area contributed by atoms with Crippen LogP contribution in [-0.2, 0) is 4.79 Å². The first-order valence-electron chi connectivity index (χ1n) is 11.0. The molecule has 1 saturated heterocycles. The number of ketones is 1. The number of rotatable bonds is 6. The van der Waals surface area contributed by atoms with Gasteiger partial charge in [0.25, 0.3) is 0 Å². The molecule has 1 aliphatic heterocycles. The summed E-state index contributed by atoms with van der Waals surface area (Å²) >= 11 is 0. The molecule has 2 saturated carbocycles. The lowest BCUT2D eigenvalue weighted by Crippen LogP contribution is -2.40. The highest BCUT2D eigenvalue weighted by atomic mass is 16.1. The molecular weight excluding hydrogens is 320 g/mol.